The molecule has 2 aromatic heterocycles. The third-order valence-electron chi connectivity index (χ3n) is 8.32. The average Bonchev–Trinajstić information content (AvgIpc) is 2.86. The second kappa shape index (κ2) is 8.36. The summed E-state index contributed by atoms with van der Waals surface area (Å²) in [6.07, 6.45) is 9.45. The monoisotopic (exact) mass is 481 g/mol. The summed E-state index contributed by atoms with van der Waals surface area (Å²) in [5.41, 5.74) is 7.42. The van der Waals surface area contributed by atoms with E-state index in [0.29, 0.717) is 18.7 Å². The van der Waals surface area contributed by atoms with Crippen molar-refractivity contribution in [2.75, 3.05) is 5.32 Å². The van der Waals surface area contributed by atoms with Crippen molar-refractivity contribution in [2.45, 2.75) is 71.1 Å². The van der Waals surface area contributed by atoms with E-state index in [0.717, 1.165) is 47.2 Å². The van der Waals surface area contributed by atoms with E-state index in [9.17, 15) is 9.18 Å². The Bertz CT molecular complexity index is 1420. The number of nitrogens with zero attached hydrogens (tertiary/aromatic N) is 2. The second-order valence-corrected chi connectivity index (χ2v) is 11.3. The van der Waals surface area contributed by atoms with Crippen LogP contribution in [0, 0.1) is 11.2 Å². The molecule has 1 aromatic carbocycles. The van der Waals surface area contributed by atoms with Gasteiger partial charge in [-0.15, -0.1) is 0 Å². The number of hydrogen-bond acceptors (Lipinski definition) is 4. The number of allylic oxidation sites excluding steroid dienone is 2. The van der Waals surface area contributed by atoms with Crippen LogP contribution in [0.3, 0.4) is 0 Å². The molecule has 3 heterocycles. The van der Waals surface area contributed by atoms with Crippen LogP contribution < -0.4 is 5.32 Å². The highest BCUT2D eigenvalue weighted by molar-refractivity contribution is 6.03. The Kier molecular flexibility index (Phi) is 5.36. The number of carbonyl (C=O) groups excluding carboxylic acids is 1. The maximum Gasteiger partial charge on any atom is 0.162 e. The minimum absolute atomic E-state index is 0.136. The molecule has 5 heteroatoms. The van der Waals surface area contributed by atoms with Crippen LogP contribution in [0.4, 0.5) is 10.2 Å². The normalized spacial score (nSPS) is 22.4. The Labute approximate surface area is 212 Å². The molecule has 1 N–H and O–H groups in total. The molecule has 0 fully saturated rings. The van der Waals surface area contributed by atoms with Gasteiger partial charge in [0.15, 0.2) is 5.78 Å². The summed E-state index contributed by atoms with van der Waals surface area (Å²) in [6.45, 7) is 6.36. The van der Waals surface area contributed by atoms with Crippen LogP contribution in [0.15, 0.2) is 60.1 Å². The van der Waals surface area contributed by atoms with Crippen molar-refractivity contribution in [1.29, 1.82) is 0 Å². The predicted molar refractivity (Wildman–Crippen MR) is 140 cm³/mol. The first kappa shape index (κ1) is 23.1. The van der Waals surface area contributed by atoms with Crippen LogP contribution in [-0.4, -0.2) is 15.8 Å². The summed E-state index contributed by atoms with van der Waals surface area (Å²) in [6, 6.07) is 12.2. The molecule has 6 rings (SSSR count). The van der Waals surface area contributed by atoms with Crippen LogP contribution in [-0.2, 0) is 23.1 Å². The number of Topliss-reactive ketones (excluding diaryl/α,β-unsaturated/α-hetero) is 1. The van der Waals surface area contributed by atoms with Gasteiger partial charge >= 0.3 is 0 Å². The van der Waals surface area contributed by atoms with Gasteiger partial charge in [0.2, 0.25) is 0 Å². The van der Waals surface area contributed by atoms with Gasteiger partial charge in [-0.05, 0) is 84.4 Å². The molecule has 0 unspecified atom stereocenters. The molecule has 0 saturated heterocycles. The van der Waals surface area contributed by atoms with Gasteiger partial charge in [0, 0.05) is 35.1 Å². The van der Waals surface area contributed by atoms with E-state index in [-0.39, 0.29) is 17.0 Å². The lowest BCUT2D eigenvalue weighted by molar-refractivity contribution is -0.118. The average molecular weight is 482 g/mol. The molecule has 0 amide bonds. The molecule has 0 spiro atoms. The summed E-state index contributed by atoms with van der Waals surface area (Å²) in [5, 5.41) is 3.43. The van der Waals surface area contributed by atoms with Gasteiger partial charge in [-0.2, -0.15) is 0 Å². The van der Waals surface area contributed by atoms with Gasteiger partial charge in [0.05, 0.1) is 11.6 Å². The zero-order valence-corrected chi connectivity index (χ0v) is 21.2. The number of pyridine rings is 2. The van der Waals surface area contributed by atoms with E-state index < -0.39 is 5.41 Å². The molecule has 2 aliphatic carbocycles. The minimum atomic E-state index is -0.762. The van der Waals surface area contributed by atoms with Gasteiger partial charge < -0.3 is 5.32 Å². The standard InChI is InChI=1S/C31H32FN3O/c1-4-31(20-9-7-8-19(14-20)22-12-13-33-25-11-6-5-10-23(22)25)24-15-21(32)18-34-29(24)35-26-16-30(2,3)17-27(36)28(26)31/h7-9,12-15,18H,4-6,10-11,16-17H2,1-3H3,(H,34,35)/t31-/m1/s1. The van der Waals surface area contributed by atoms with E-state index in [1.165, 1.54) is 35.9 Å². The van der Waals surface area contributed by atoms with Gasteiger partial charge in [0.25, 0.3) is 0 Å². The van der Waals surface area contributed by atoms with E-state index in [2.05, 4.69) is 66.4 Å². The SMILES string of the molecule is CC[C@]1(c2cccc(-c3ccnc4c3CCCC4)c2)C2=C(CC(C)(C)CC2=O)Nc2ncc(F)cc21. The van der Waals surface area contributed by atoms with Crippen molar-refractivity contribution in [3.63, 3.8) is 0 Å². The zero-order valence-electron chi connectivity index (χ0n) is 21.2. The summed E-state index contributed by atoms with van der Waals surface area (Å²) < 4.78 is 14.7. The van der Waals surface area contributed by atoms with Crippen molar-refractivity contribution in [1.82, 2.24) is 9.97 Å². The molecular weight excluding hydrogens is 449 g/mol. The summed E-state index contributed by atoms with van der Waals surface area (Å²) in [4.78, 5) is 22.9. The highest BCUT2D eigenvalue weighted by Crippen LogP contribution is 2.54. The van der Waals surface area contributed by atoms with Gasteiger partial charge in [-0.3, -0.25) is 9.78 Å². The number of aromatic nitrogens is 2. The zero-order chi connectivity index (χ0) is 25.1. The van der Waals surface area contributed by atoms with Crippen LogP contribution in [0.2, 0.25) is 0 Å². The molecule has 0 saturated carbocycles. The molecule has 36 heavy (non-hydrogen) atoms. The molecule has 184 valence electrons. The van der Waals surface area contributed by atoms with Crippen molar-refractivity contribution in [3.8, 4) is 11.1 Å². The fourth-order valence-corrected chi connectivity index (χ4v) is 6.78. The smallest absolute Gasteiger partial charge is 0.162 e. The largest absolute Gasteiger partial charge is 0.343 e. The number of rotatable bonds is 3. The first-order valence-electron chi connectivity index (χ1n) is 13.1. The first-order chi connectivity index (χ1) is 17.3. The molecule has 0 bridgehead atoms. The molecule has 4 nitrogen and oxygen atoms in total. The molecule has 0 radical (unpaired) electrons. The topological polar surface area (TPSA) is 54.9 Å². The number of benzene rings is 1. The van der Waals surface area contributed by atoms with E-state index >= 15 is 0 Å². The number of carbonyl (C=O) groups is 1. The number of ketones is 1. The fourth-order valence-electron chi connectivity index (χ4n) is 6.78. The van der Waals surface area contributed by atoms with Gasteiger partial charge in [0.1, 0.15) is 11.6 Å². The number of aryl methyl sites for hydroxylation is 1. The highest BCUT2D eigenvalue weighted by atomic mass is 19.1. The molecule has 3 aliphatic rings. The van der Waals surface area contributed by atoms with Crippen molar-refractivity contribution in [3.05, 3.63) is 88.3 Å². The van der Waals surface area contributed by atoms with Crippen LogP contribution in [0.1, 0.15) is 75.3 Å². The predicted octanol–water partition coefficient (Wildman–Crippen LogP) is 6.93. The Balaban J connectivity index is 1.60. The Hall–Kier alpha value is -3.34. The van der Waals surface area contributed by atoms with E-state index in [4.69, 9.17) is 0 Å². The number of halogens is 1. The lowest BCUT2D eigenvalue weighted by Gasteiger charge is -2.46. The molecule has 3 aromatic rings. The number of fused-ring (bicyclic) bond motifs is 2. The van der Waals surface area contributed by atoms with E-state index in [1.807, 2.05) is 6.20 Å². The maximum absolute atomic E-state index is 14.7. The highest BCUT2D eigenvalue weighted by Gasteiger charge is 2.50. The Morgan fingerprint density at radius 3 is 2.72 bits per heavy atom. The van der Waals surface area contributed by atoms with Gasteiger partial charge in [-0.25, -0.2) is 9.37 Å². The quantitative estimate of drug-likeness (QED) is 0.441. The van der Waals surface area contributed by atoms with E-state index in [1.54, 1.807) is 6.07 Å². The van der Waals surface area contributed by atoms with Crippen LogP contribution >= 0.6 is 0 Å². The molecular formula is C31H32FN3O. The number of hydrogen-bond donors (Lipinski definition) is 1. The maximum atomic E-state index is 14.7. The Morgan fingerprint density at radius 1 is 1.06 bits per heavy atom. The van der Waals surface area contributed by atoms with Crippen molar-refractivity contribution < 1.29 is 9.18 Å². The summed E-state index contributed by atoms with van der Waals surface area (Å²) in [7, 11) is 0. The second-order valence-electron chi connectivity index (χ2n) is 11.3. The lowest BCUT2D eigenvalue weighted by Crippen LogP contribution is -2.43. The van der Waals surface area contributed by atoms with Crippen LogP contribution in [0.5, 0.6) is 0 Å². The number of anilines is 1. The van der Waals surface area contributed by atoms with Crippen molar-refractivity contribution >= 4 is 11.6 Å². The Morgan fingerprint density at radius 2 is 1.89 bits per heavy atom. The molecule has 1 aliphatic heterocycles. The van der Waals surface area contributed by atoms with Gasteiger partial charge in [-0.1, -0.05) is 39.0 Å². The lowest BCUT2D eigenvalue weighted by atomic mass is 9.59. The third-order valence-corrected chi connectivity index (χ3v) is 8.32. The molecule has 1 atom stereocenters. The van der Waals surface area contributed by atoms with Crippen molar-refractivity contribution in [2.24, 2.45) is 5.41 Å². The summed E-state index contributed by atoms with van der Waals surface area (Å²) >= 11 is 0. The van der Waals surface area contributed by atoms with Crippen LogP contribution in [0.25, 0.3) is 11.1 Å². The number of nitrogens with one attached hydrogen (secondary N) is 1. The minimum Gasteiger partial charge on any atom is -0.343 e. The summed E-state index contributed by atoms with van der Waals surface area (Å²) in [5.74, 6) is 0.395. The first-order valence-corrected chi connectivity index (χ1v) is 13.1. The third kappa shape index (κ3) is 3.51. The fraction of sp³-hybridized carbons (Fsp3) is 0.387.